The molecule has 1 radical (unpaired) electrons. The average Bonchev–Trinajstić information content (AvgIpc) is 2.29. The van der Waals surface area contributed by atoms with Crippen LogP contribution in [0.4, 0.5) is 0 Å². The van der Waals surface area contributed by atoms with Gasteiger partial charge in [0, 0.05) is 29.6 Å². The minimum absolute atomic E-state index is 0. The summed E-state index contributed by atoms with van der Waals surface area (Å²) in [6.07, 6.45) is 2.89. The minimum Gasteiger partial charge on any atom is -0.266 e. The molecule has 3 nitrogen and oxygen atoms in total. The molecule has 0 N–H and O–H groups in total. The largest absolute Gasteiger partial charge is 0.296 e. The summed E-state index contributed by atoms with van der Waals surface area (Å²) in [6, 6.07) is 8.25. The monoisotopic (exact) mass is 279 g/mol. The Hall–Kier alpha value is 0.130. The Balaban J connectivity index is 0.00000289. The Morgan fingerprint density at radius 2 is 1.72 bits per heavy atom. The first kappa shape index (κ1) is 18.1. The van der Waals surface area contributed by atoms with Gasteiger partial charge in [-0.1, -0.05) is 44.9 Å². The van der Waals surface area contributed by atoms with Crippen molar-refractivity contribution in [3.63, 3.8) is 0 Å². The Bertz CT molecular complexity index is 415. The van der Waals surface area contributed by atoms with E-state index in [1.807, 2.05) is 0 Å². The van der Waals surface area contributed by atoms with Gasteiger partial charge in [0.1, 0.15) is 0 Å². The van der Waals surface area contributed by atoms with Crippen molar-refractivity contribution < 1.29 is 12.6 Å². The van der Waals surface area contributed by atoms with Gasteiger partial charge in [-0.3, -0.25) is 4.18 Å². The van der Waals surface area contributed by atoms with Crippen LogP contribution in [0.2, 0.25) is 0 Å². The summed E-state index contributed by atoms with van der Waals surface area (Å²) >= 11 is 0. The molecule has 97 valence electrons. The first-order valence-corrected chi connectivity index (χ1v) is 7.37. The fraction of sp³-hybridized carbons (Fsp3) is 0.538. The fourth-order valence-electron chi connectivity index (χ4n) is 1.48. The van der Waals surface area contributed by atoms with Crippen LogP contribution in [0, 0.1) is 5.92 Å². The summed E-state index contributed by atoms with van der Waals surface area (Å²) < 4.78 is 28.4. The third-order valence-corrected chi connectivity index (χ3v) is 3.77. The molecule has 18 heavy (non-hydrogen) atoms. The van der Waals surface area contributed by atoms with Crippen molar-refractivity contribution in [2.45, 2.75) is 38.0 Å². The van der Waals surface area contributed by atoms with Crippen molar-refractivity contribution in [2.24, 2.45) is 5.92 Å². The Morgan fingerprint density at radius 1 is 1.11 bits per heavy atom. The molecule has 0 amide bonds. The normalized spacial score (nSPS) is 11.3. The Labute approximate surface area is 132 Å². The topological polar surface area (TPSA) is 43.4 Å². The number of hydrogen-bond donors (Lipinski definition) is 0. The van der Waals surface area contributed by atoms with E-state index in [1.165, 1.54) is 0 Å². The van der Waals surface area contributed by atoms with Crippen LogP contribution in [0.5, 0.6) is 0 Å². The third kappa shape index (κ3) is 6.90. The second-order valence-corrected chi connectivity index (χ2v) is 6.09. The molecule has 0 spiro atoms. The zero-order chi connectivity index (χ0) is 12.7. The zero-order valence-electron chi connectivity index (χ0n) is 11.4. The second-order valence-electron chi connectivity index (χ2n) is 4.48. The molecular formula is C13H20NaO3S. The van der Waals surface area contributed by atoms with Gasteiger partial charge in [0.2, 0.25) is 0 Å². The van der Waals surface area contributed by atoms with Gasteiger partial charge in [-0.15, -0.1) is 0 Å². The van der Waals surface area contributed by atoms with E-state index in [1.54, 1.807) is 30.3 Å². The molecule has 5 heteroatoms. The number of benzene rings is 1. The van der Waals surface area contributed by atoms with Crippen LogP contribution < -0.4 is 0 Å². The molecule has 0 heterocycles. The fourth-order valence-corrected chi connectivity index (χ4v) is 2.44. The number of unbranched alkanes of at least 4 members (excludes halogenated alkanes) is 1. The predicted molar refractivity (Wildman–Crippen MR) is 74.0 cm³/mol. The van der Waals surface area contributed by atoms with Crippen molar-refractivity contribution in [1.82, 2.24) is 0 Å². The summed E-state index contributed by atoms with van der Waals surface area (Å²) in [5, 5.41) is 0. The molecule has 0 saturated carbocycles. The van der Waals surface area contributed by atoms with E-state index >= 15 is 0 Å². The molecule has 0 aromatic heterocycles. The van der Waals surface area contributed by atoms with Crippen molar-refractivity contribution in [1.29, 1.82) is 0 Å². The van der Waals surface area contributed by atoms with Gasteiger partial charge >= 0.3 is 0 Å². The molecular weight excluding hydrogens is 259 g/mol. The van der Waals surface area contributed by atoms with Gasteiger partial charge < -0.3 is 0 Å². The van der Waals surface area contributed by atoms with Crippen LogP contribution in [0.25, 0.3) is 0 Å². The van der Waals surface area contributed by atoms with Gasteiger partial charge in [-0.25, -0.2) is 0 Å². The summed E-state index contributed by atoms with van der Waals surface area (Å²) in [5.41, 5.74) is 0. The van der Waals surface area contributed by atoms with E-state index in [2.05, 4.69) is 13.8 Å². The van der Waals surface area contributed by atoms with Gasteiger partial charge in [0.05, 0.1) is 11.5 Å². The maximum Gasteiger partial charge on any atom is 0.296 e. The van der Waals surface area contributed by atoms with Gasteiger partial charge in [-0.05, 0) is 24.5 Å². The first-order valence-electron chi connectivity index (χ1n) is 5.97. The second kappa shape index (κ2) is 9.10. The summed E-state index contributed by atoms with van der Waals surface area (Å²) in [4.78, 5) is 0.226. The van der Waals surface area contributed by atoms with Gasteiger partial charge in [-0.2, -0.15) is 8.42 Å². The first-order chi connectivity index (χ1) is 8.02. The van der Waals surface area contributed by atoms with E-state index in [4.69, 9.17) is 4.18 Å². The average molecular weight is 279 g/mol. The summed E-state index contributed by atoms with van der Waals surface area (Å²) in [5.74, 6) is 0.653. The maximum atomic E-state index is 11.7. The molecule has 1 aromatic rings. The van der Waals surface area contributed by atoms with Crippen LogP contribution in [0.1, 0.15) is 33.1 Å². The number of rotatable bonds is 7. The van der Waals surface area contributed by atoms with Crippen LogP contribution in [0.15, 0.2) is 35.2 Å². The standard InChI is InChI=1S/C13H20O3S.Na/c1-12(2)8-6-7-11-16-17(14,15)13-9-4-3-5-10-13;/h3-5,9-10,12H,6-8,11H2,1-2H3;. The summed E-state index contributed by atoms with van der Waals surface area (Å²) in [7, 11) is -3.56. The van der Waals surface area contributed by atoms with Gasteiger partial charge in [0.15, 0.2) is 0 Å². The molecule has 0 fully saturated rings. The van der Waals surface area contributed by atoms with Crippen molar-refractivity contribution in [2.75, 3.05) is 6.61 Å². The maximum absolute atomic E-state index is 11.7. The predicted octanol–water partition coefficient (Wildman–Crippen LogP) is 2.84. The van der Waals surface area contributed by atoms with E-state index in [0.717, 1.165) is 19.3 Å². The van der Waals surface area contributed by atoms with E-state index < -0.39 is 10.1 Å². The molecule has 0 unspecified atom stereocenters. The quantitative estimate of drug-likeness (QED) is 0.438. The van der Waals surface area contributed by atoms with Crippen molar-refractivity contribution in [3.05, 3.63) is 30.3 Å². The van der Waals surface area contributed by atoms with Gasteiger partial charge in [0.25, 0.3) is 10.1 Å². The Morgan fingerprint density at radius 3 is 2.28 bits per heavy atom. The number of hydrogen-bond acceptors (Lipinski definition) is 3. The molecule has 0 bridgehead atoms. The molecule has 0 aliphatic rings. The molecule has 1 rings (SSSR count). The third-order valence-electron chi connectivity index (χ3n) is 2.45. The van der Waals surface area contributed by atoms with Crippen LogP contribution >= 0.6 is 0 Å². The zero-order valence-corrected chi connectivity index (χ0v) is 14.2. The summed E-state index contributed by atoms with van der Waals surface area (Å²) in [6.45, 7) is 4.58. The molecule has 0 atom stereocenters. The smallest absolute Gasteiger partial charge is 0.266 e. The minimum atomic E-state index is -3.56. The SMILES string of the molecule is CC(C)CCCCOS(=O)(=O)c1ccccc1.[Na]. The van der Waals surface area contributed by atoms with E-state index in [-0.39, 0.29) is 41.1 Å². The molecule has 1 aromatic carbocycles. The molecule has 0 saturated heterocycles. The van der Waals surface area contributed by atoms with Crippen LogP contribution in [-0.4, -0.2) is 44.6 Å². The Kier molecular flexibility index (Phi) is 9.17. The van der Waals surface area contributed by atoms with Crippen LogP contribution in [0.3, 0.4) is 0 Å². The van der Waals surface area contributed by atoms with E-state index in [0.29, 0.717) is 5.92 Å². The van der Waals surface area contributed by atoms with E-state index in [9.17, 15) is 8.42 Å². The van der Waals surface area contributed by atoms with Crippen LogP contribution in [-0.2, 0) is 14.3 Å². The molecule has 0 aliphatic carbocycles. The van der Waals surface area contributed by atoms with Crippen molar-refractivity contribution >= 4 is 39.7 Å². The molecule has 0 aliphatic heterocycles. The van der Waals surface area contributed by atoms with Crippen molar-refractivity contribution in [3.8, 4) is 0 Å².